The molecule has 2 aliphatic heterocycles. The van der Waals surface area contributed by atoms with Gasteiger partial charge in [-0.1, -0.05) is 18.2 Å². The number of carbonyl (C=O) groups excluding carboxylic acids is 3. The Kier molecular flexibility index (Phi) is 4.26. The topological polar surface area (TPSA) is 84.9 Å². The molecule has 28 heavy (non-hydrogen) atoms. The third-order valence-corrected chi connectivity index (χ3v) is 4.84. The number of nitrogens with one attached hydrogen (secondary N) is 1. The van der Waals surface area contributed by atoms with E-state index >= 15 is 0 Å². The van der Waals surface area contributed by atoms with Crippen molar-refractivity contribution in [3.63, 3.8) is 0 Å². The van der Waals surface area contributed by atoms with E-state index in [1.165, 1.54) is 18.2 Å². The van der Waals surface area contributed by atoms with Crippen molar-refractivity contribution >= 4 is 17.7 Å². The van der Waals surface area contributed by atoms with Crippen LogP contribution in [0.4, 0.5) is 9.18 Å². The quantitative estimate of drug-likeness (QED) is 0.646. The Morgan fingerprint density at radius 2 is 1.89 bits per heavy atom. The lowest BCUT2D eigenvalue weighted by Gasteiger charge is -2.25. The first-order chi connectivity index (χ1) is 13.4. The summed E-state index contributed by atoms with van der Waals surface area (Å²) < 4.78 is 24.4. The molecule has 2 aromatic rings. The van der Waals surface area contributed by atoms with Crippen LogP contribution in [0.25, 0.3) is 0 Å². The number of fused-ring (bicyclic) bond motifs is 1. The van der Waals surface area contributed by atoms with Crippen LogP contribution in [-0.4, -0.2) is 42.4 Å². The average Bonchev–Trinajstić information content (AvgIpc) is 2.91. The number of carbonyl (C=O) groups is 3. The predicted molar refractivity (Wildman–Crippen MR) is 95.8 cm³/mol. The summed E-state index contributed by atoms with van der Waals surface area (Å²) in [4.78, 5) is 38.6. The molecule has 0 unspecified atom stereocenters. The molecule has 2 aromatic carbocycles. The first-order valence-corrected chi connectivity index (χ1v) is 8.71. The zero-order valence-corrected chi connectivity index (χ0v) is 15.0. The first kappa shape index (κ1) is 18.0. The second-order valence-electron chi connectivity index (χ2n) is 6.74. The fraction of sp³-hybridized carbons (Fsp3) is 0.250. The van der Waals surface area contributed by atoms with Gasteiger partial charge in [-0.25, -0.2) is 9.18 Å². The van der Waals surface area contributed by atoms with Gasteiger partial charge in [0, 0.05) is 5.56 Å². The van der Waals surface area contributed by atoms with E-state index in [1.54, 1.807) is 25.1 Å². The van der Waals surface area contributed by atoms with Crippen molar-refractivity contribution in [2.75, 3.05) is 19.8 Å². The molecule has 7 nitrogen and oxygen atoms in total. The maximum absolute atomic E-state index is 13.3. The van der Waals surface area contributed by atoms with Gasteiger partial charge >= 0.3 is 6.03 Å². The van der Waals surface area contributed by atoms with Gasteiger partial charge in [-0.2, -0.15) is 0 Å². The van der Waals surface area contributed by atoms with Gasteiger partial charge in [0.25, 0.3) is 5.91 Å². The zero-order chi connectivity index (χ0) is 19.9. The Morgan fingerprint density at radius 1 is 1.14 bits per heavy atom. The molecule has 2 heterocycles. The minimum Gasteiger partial charge on any atom is -0.486 e. The monoisotopic (exact) mass is 384 g/mol. The Balaban J connectivity index is 1.59. The number of hydrogen-bond acceptors (Lipinski definition) is 5. The summed E-state index contributed by atoms with van der Waals surface area (Å²) in [7, 11) is 0. The summed E-state index contributed by atoms with van der Waals surface area (Å²) in [5.74, 6) is -0.618. The molecule has 0 radical (unpaired) electrons. The number of halogens is 1. The van der Waals surface area contributed by atoms with Crippen LogP contribution in [0.5, 0.6) is 11.5 Å². The van der Waals surface area contributed by atoms with Crippen molar-refractivity contribution in [1.29, 1.82) is 0 Å². The summed E-state index contributed by atoms with van der Waals surface area (Å²) in [5.41, 5.74) is -0.751. The lowest BCUT2D eigenvalue weighted by atomic mass is 9.91. The molecule has 1 N–H and O–H groups in total. The van der Waals surface area contributed by atoms with Crippen molar-refractivity contribution in [2.24, 2.45) is 0 Å². The van der Waals surface area contributed by atoms with Gasteiger partial charge in [0.1, 0.15) is 24.6 Å². The second kappa shape index (κ2) is 6.63. The first-order valence-electron chi connectivity index (χ1n) is 8.71. The van der Waals surface area contributed by atoms with Crippen molar-refractivity contribution < 1.29 is 28.2 Å². The number of hydrogen-bond donors (Lipinski definition) is 1. The molecule has 1 saturated heterocycles. The lowest BCUT2D eigenvalue weighted by Crippen LogP contribution is -2.41. The molecule has 8 heteroatoms. The average molecular weight is 384 g/mol. The summed E-state index contributed by atoms with van der Waals surface area (Å²) in [5, 5.41) is 2.64. The smallest absolute Gasteiger partial charge is 0.325 e. The standard InChI is InChI=1S/C20H17FN2O5/c1-20(13-5-6-16-17(10-13)28-8-7-27-16)18(25)23(19(26)22-20)11-15(24)12-3-2-4-14(21)9-12/h2-6,9-10H,7-8,11H2,1H3,(H,22,26)/t20-/m1/s1. The summed E-state index contributed by atoms with van der Waals surface area (Å²) in [6, 6.07) is 9.41. The third kappa shape index (κ3) is 2.96. The number of ketones is 1. The summed E-state index contributed by atoms with van der Waals surface area (Å²) >= 11 is 0. The van der Waals surface area contributed by atoms with Crippen LogP contribution in [-0.2, 0) is 10.3 Å². The van der Waals surface area contributed by atoms with Crippen LogP contribution in [0.3, 0.4) is 0 Å². The van der Waals surface area contributed by atoms with Gasteiger partial charge in [-0.15, -0.1) is 0 Å². The predicted octanol–water partition coefficient (Wildman–Crippen LogP) is 2.25. The number of nitrogens with zero attached hydrogens (tertiary/aromatic N) is 1. The molecular formula is C20H17FN2O5. The normalized spacial score (nSPS) is 20.9. The molecule has 0 saturated carbocycles. The van der Waals surface area contributed by atoms with Crippen molar-refractivity contribution in [1.82, 2.24) is 10.2 Å². The number of imide groups is 1. The molecule has 3 amide bonds. The zero-order valence-electron chi connectivity index (χ0n) is 15.0. The van der Waals surface area contributed by atoms with Gasteiger partial charge < -0.3 is 14.8 Å². The molecule has 0 aromatic heterocycles. The van der Waals surface area contributed by atoms with E-state index in [2.05, 4.69) is 5.32 Å². The van der Waals surface area contributed by atoms with E-state index in [9.17, 15) is 18.8 Å². The van der Waals surface area contributed by atoms with Crippen LogP contribution >= 0.6 is 0 Å². The van der Waals surface area contributed by atoms with Gasteiger partial charge in [-0.3, -0.25) is 14.5 Å². The Hall–Kier alpha value is -3.42. The minimum absolute atomic E-state index is 0.0912. The van der Waals surface area contributed by atoms with E-state index in [0.29, 0.717) is 30.3 Å². The molecular weight excluding hydrogens is 367 g/mol. The summed E-state index contributed by atoms with van der Waals surface area (Å²) in [6.45, 7) is 1.91. The van der Waals surface area contributed by atoms with Gasteiger partial charge in [0.2, 0.25) is 0 Å². The largest absolute Gasteiger partial charge is 0.486 e. The van der Waals surface area contributed by atoms with Crippen LogP contribution in [0.2, 0.25) is 0 Å². The third-order valence-electron chi connectivity index (χ3n) is 4.84. The highest BCUT2D eigenvalue weighted by Gasteiger charge is 2.49. The van der Waals surface area contributed by atoms with Crippen molar-refractivity contribution in [2.45, 2.75) is 12.5 Å². The highest BCUT2D eigenvalue weighted by atomic mass is 19.1. The fourth-order valence-electron chi connectivity index (χ4n) is 3.29. The molecule has 1 atom stereocenters. The molecule has 0 bridgehead atoms. The number of benzene rings is 2. The molecule has 4 rings (SSSR count). The van der Waals surface area contributed by atoms with Crippen LogP contribution < -0.4 is 14.8 Å². The van der Waals surface area contributed by atoms with Gasteiger partial charge in [-0.05, 0) is 36.8 Å². The Bertz CT molecular complexity index is 992. The minimum atomic E-state index is -1.35. The van der Waals surface area contributed by atoms with Crippen LogP contribution in [0, 0.1) is 5.82 Å². The van der Waals surface area contributed by atoms with Gasteiger partial charge in [0.05, 0.1) is 6.54 Å². The fourth-order valence-corrected chi connectivity index (χ4v) is 3.29. The summed E-state index contributed by atoms with van der Waals surface area (Å²) in [6.07, 6.45) is 0. The van der Waals surface area contributed by atoms with E-state index in [1.807, 2.05) is 0 Å². The molecule has 144 valence electrons. The van der Waals surface area contributed by atoms with E-state index in [0.717, 1.165) is 11.0 Å². The Morgan fingerprint density at radius 3 is 2.64 bits per heavy atom. The molecule has 2 aliphatic rings. The maximum Gasteiger partial charge on any atom is 0.325 e. The second-order valence-corrected chi connectivity index (χ2v) is 6.74. The van der Waals surface area contributed by atoms with Crippen molar-refractivity contribution in [3.8, 4) is 11.5 Å². The van der Waals surface area contributed by atoms with Crippen LogP contribution in [0.1, 0.15) is 22.8 Å². The number of Topliss-reactive ketones (excluding diaryl/α,β-unsaturated/α-hetero) is 1. The number of rotatable bonds is 4. The van der Waals surface area contributed by atoms with E-state index in [-0.39, 0.29) is 5.56 Å². The lowest BCUT2D eigenvalue weighted by molar-refractivity contribution is -0.130. The number of amides is 3. The maximum atomic E-state index is 13.3. The van der Waals surface area contributed by atoms with Crippen LogP contribution in [0.15, 0.2) is 42.5 Å². The van der Waals surface area contributed by atoms with E-state index in [4.69, 9.17) is 9.47 Å². The highest BCUT2D eigenvalue weighted by molar-refractivity contribution is 6.11. The van der Waals surface area contributed by atoms with Gasteiger partial charge in [0.15, 0.2) is 17.3 Å². The molecule has 1 fully saturated rings. The molecule has 0 spiro atoms. The molecule has 0 aliphatic carbocycles. The SMILES string of the molecule is C[C@]1(c2ccc3c(c2)OCCO3)NC(=O)N(CC(=O)c2cccc(F)c2)C1=O. The highest BCUT2D eigenvalue weighted by Crippen LogP contribution is 2.36. The van der Waals surface area contributed by atoms with Crippen molar-refractivity contribution in [3.05, 3.63) is 59.4 Å². The number of ether oxygens (including phenoxy) is 2. The number of urea groups is 1. The van der Waals surface area contributed by atoms with E-state index < -0.39 is 35.6 Å². The Labute approximate surface area is 160 Å².